The zero-order chi connectivity index (χ0) is 21.2. The van der Waals surface area contributed by atoms with Gasteiger partial charge in [-0.05, 0) is 48.8 Å². The number of hydrogen-bond acceptors (Lipinski definition) is 5. The molecule has 1 aromatic heterocycles. The van der Waals surface area contributed by atoms with Gasteiger partial charge in [0.05, 0.1) is 0 Å². The molecular formula is C22H28N2O4S. The van der Waals surface area contributed by atoms with Crippen LogP contribution in [0.5, 0.6) is 0 Å². The molecule has 2 N–H and O–H groups in total. The highest BCUT2D eigenvalue weighted by atomic mass is 32.1. The van der Waals surface area contributed by atoms with Crippen molar-refractivity contribution in [2.24, 2.45) is 0 Å². The molecule has 2 atom stereocenters. The van der Waals surface area contributed by atoms with Gasteiger partial charge in [0.15, 0.2) is 6.10 Å². The Morgan fingerprint density at radius 1 is 1.14 bits per heavy atom. The fourth-order valence-electron chi connectivity index (χ4n) is 2.73. The zero-order valence-corrected chi connectivity index (χ0v) is 17.9. The standard InChI is InChI=1S/C22H28N2O4S/c1-4-15(2)18-8-5-6-9-19(18)24-21(26)16(3)28-20(25)10-7-12-23-22(27)17-11-13-29-14-17/h5-6,8-9,11,13-16H,4,7,10,12H2,1-3H3,(H,23,27)(H,24,26). The fourth-order valence-corrected chi connectivity index (χ4v) is 3.37. The number of thiophene rings is 1. The number of carbonyl (C=O) groups excluding carboxylic acids is 3. The average molecular weight is 417 g/mol. The van der Waals surface area contributed by atoms with Crippen LogP contribution in [-0.4, -0.2) is 30.4 Å². The van der Waals surface area contributed by atoms with E-state index >= 15 is 0 Å². The van der Waals surface area contributed by atoms with E-state index < -0.39 is 12.1 Å². The maximum atomic E-state index is 12.4. The van der Waals surface area contributed by atoms with Crippen LogP contribution in [0, 0.1) is 0 Å². The van der Waals surface area contributed by atoms with E-state index in [1.807, 2.05) is 29.6 Å². The lowest BCUT2D eigenvalue weighted by atomic mass is 9.97. The number of ether oxygens (including phenoxy) is 1. The van der Waals surface area contributed by atoms with Gasteiger partial charge in [-0.2, -0.15) is 11.3 Å². The van der Waals surface area contributed by atoms with E-state index in [-0.39, 0.29) is 18.2 Å². The van der Waals surface area contributed by atoms with Crippen molar-refractivity contribution in [2.45, 2.75) is 52.1 Å². The second-order valence-electron chi connectivity index (χ2n) is 6.89. The van der Waals surface area contributed by atoms with E-state index in [1.165, 1.54) is 11.3 Å². The summed E-state index contributed by atoms with van der Waals surface area (Å²) in [5.74, 6) is -0.673. The Morgan fingerprint density at radius 2 is 1.90 bits per heavy atom. The first-order chi connectivity index (χ1) is 13.9. The largest absolute Gasteiger partial charge is 0.453 e. The van der Waals surface area contributed by atoms with Crippen LogP contribution in [0.3, 0.4) is 0 Å². The summed E-state index contributed by atoms with van der Waals surface area (Å²) in [5, 5.41) is 9.21. The second-order valence-corrected chi connectivity index (χ2v) is 7.67. The third kappa shape index (κ3) is 7.02. The molecule has 0 bridgehead atoms. The predicted octanol–water partition coefficient (Wildman–Crippen LogP) is 4.34. The maximum absolute atomic E-state index is 12.4. The van der Waals surface area contributed by atoms with Gasteiger partial charge in [0.1, 0.15) is 0 Å². The van der Waals surface area contributed by atoms with E-state index in [9.17, 15) is 14.4 Å². The molecule has 0 aliphatic rings. The molecule has 1 aromatic carbocycles. The number of para-hydroxylation sites is 1. The molecule has 0 saturated carbocycles. The summed E-state index contributed by atoms with van der Waals surface area (Å²) in [7, 11) is 0. The average Bonchev–Trinajstić information content (AvgIpc) is 3.25. The smallest absolute Gasteiger partial charge is 0.306 e. The number of carbonyl (C=O) groups is 3. The minimum absolute atomic E-state index is 0.130. The van der Waals surface area contributed by atoms with Crippen molar-refractivity contribution < 1.29 is 19.1 Å². The number of rotatable bonds is 10. The predicted molar refractivity (Wildman–Crippen MR) is 115 cm³/mol. The first-order valence-electron chi connectivity index (χ1n) is 9.82. The third-order valence-electron chi connectivity index (χ3n) is 4.67. The first-order valence-corrected chi connectivity index (χ1v) is 10.8. The molecule has 0 spiro atoms. The summed E-state index contributed by atoms with van der Waals surface area (Å²) in [6, 6.07) is 9.39. The lowest BCUT2D eigenvalue weighted by Crippen LogP contribution is -2.31. The first kappa shape index (κ1) is 22.6. The number of esters is 1. The van der Waals surface area contributed by atoms with E-state index in [1.54, 1.807) is 18.4 Å². The van der Waals surface area contributed by atoms with Crippen molar-refractivity contribution in [3.05, 3.63) is 52.2 Å². The van der Waals surface area contributed by atoms with Crippen molar-refractivity contribution in [3.8, 4) is 0 Å². The Hall–Kier alpha value is -2.67. The number of anilines is 1. The van der Waals surface area contributed by atoms with Crippen LogP contribution < -0.4 is 10.6 Å². The molecule has 0 aliphatic carbocycles. The maximum Gasteiger partial charge on any atom is 0.306 e. The molecule has 2 amide bonds. The van der Waals surface area contributed by atoms with Gasteiger partial charge in [-0.3, -0.25) is 14.4 Å². The van der Waals surface area contributed by atoms with Gasteiger partial charge in [0, 0.05) is 29.6 Å². The monoisotopic (exact) mass is 416 g/mol. The Kier molecular flexibility index (Phi) is 8.86. The molecule has 29 heavy (non-hydrogen) atoms. The summed E-state index contributed by atoms with van der Waals surface area (Å²) in [5.41, 5.74) is 2.41. The summed E-state index contributed by atoms with van der Waals surface area (Å²) >= 11 is 1.45. The van der Waals surface area contributed by atoms with Crippen molar-refractivity contribution in [1.29, 1.82) is 0 Å². The lowest BCUT2D eigenvalue weighted by Gasteiger charge is -2.18. The lowest BCUT2D eigenvalue weighted by molar-refractivity contribution is -0.153. The molecule has 2 unspecified atom stereocenters. The van der Waals surface area contributed by atoms with Crippen molar-refractivity contribution in [2.75, 3.05) is 11.9 Å². The molecule has 2 aromatic rings. The fraction of sp³-hybridized carbons (Fsp3) is 0.409. The van der Waals surface area contributed by atoms with Crippen LogP contribution in [-0.2, 0) is 14.3 Å². The topological polar surface area (TPSA) is 84.5 Å². The zero-order valence-electron chi connectivity index (χ0n) is 17.1. The molecule has 0 saturated heterocycles. The van der Waals surface area contributed by atoms with Gasteiger partial charge >= 0.3 is 5.97 Å². The van der Waals surface area contributed by atoms with Gasteiger partial charge in [0.2, 0.25) is 0 Å². The highest BCUT2D eigenvalue weighted by molar-refractivity contribution is 7.08. The highest BCUT2D eigenvalue weighted by Gasteiger charge is 2.19. The van der Waals surface area contributed by atoms with Crippen LogP contribution in [0.15, 0.2) is 41.1 Å². The number of nitrogens with one attached hydrogen (secondary N) is 2. The normalized spacial score (nSPS) is 12.7. The Balaban J connectivity index is 1.75. The van der Waals surface area contributed by atoms with E-state index in [0.717, 1.165) is 17.7 Å². The van der Waals surface area contributed by atoms with Crippen LogP contribution in [0.4, 0.5) is 5.69 Å². The third-order valence-corrected chi connectivity index (χ3v) is 5.35. The molecule has 2 rings (SSSR count). The van der Waals surface area contributed by atoms with Gasteiger partial charge < -0.3 is 15.4 Å². The van der Waals surface area contributed by atoms with Crippen LogP contribution >= 0.6 is 11.3 Å². The summed E-state index contributed by atoms with van der Waals surface area (Å²) in [4.78, 5) is 36.2. The molecule has 0 fully saturated rings. The van der Waals surface area contributed by atoms with E-state index in [4.69, 9.17) is 4.74 Å². The van der Waals surface area contributed by atoms with Crippen molar-refractivity contribution in [3.63, 3.8) is 0 Å². The molecule has 6 nitrogen and oxygen atoms in total. The number of amides is 2. The molecule has 1 heterocycles. The molecule has 0 aliphatic heterocycles. The van der Waals surface area contributed by atoms with Crippen LogP contribution in [0.2, 0.25) is 0 Å². The van der Waals surface area contributed by atoms with Gasteiger partial charge in [-0.25, -0.2) is 0 Å². The van der Waals surface area contributed by atoms with Gasteiger partial charge in [0.25, 0.3) is 11.8 Å². The Morgan fingerprint density at radius 3 is 2.59 bits per heavy atom. The number of hydrogen-bond donors (Lipinski definition) is 2. The van der Waals surface area contributed by atoms with Crippen LogP contribution in [0.1, 0.15) is 61.9 Å². The molecular weight excluding hydrogens is 388 g/mol. The van der Waals surface area contributed by atoms with Gasteiger partial charge in [-0.1, -0.05) is 32.0 Å². The second kappa shape index (κ2) is 11.4. The van der Waals surface area contributed by atoms with Crippen LogP contribution in [0.25, 0.3) is 0 Å². The molecule has 7 heteroatoms. The highest BCUT2D eigenvalue weighted by Crippen LogP contribution is 2.26. The van der Waals surface area contributed by atoms with E-state index in [0.29, 0.717) is 24.4 Å². The quantitative estimate of drug-likeness (QED) is 0.446. The van der Waals surface area contributed by atoms with E-state index in [2.05, 4.69) is 24.5 Å². The van der Waals surface area contributed by atoms with Crippen molar-refractivity contribution >= 4 is 34.8 Å². The number of benzene rings is 1. The summed E-state index contributed by atoms with van der Waals surface area (Å²) in [6.07, 6.45) is 0.638. The molecule has 156 valence electrons. The minimum Gasteiger partial charge on any atom is -0.453 e. The summed E-state index contributed by atoms with van der Waals surface area (Å²) < 4.78 is 5.23. The SMILES string of the molecule is CCC(C)c1ccccc1NC(=O)C(C)OC(=O)CCCNC(=O)c1ccsc1. The Bertz CT molecular complexity index is 820. The summed E-state index contributed by atoms with van der Waals surface area (Å²) in [6.45, 7) is 6.12. The van der Waals surface area contributed by atoms with Gasteiger partial charge in [-0.15, -0.1) is 0 Å². The van der Waals surface area contributed by atoms with Crippen molar-refractivity contribution in [1.82, 2.24) is 5.32 Å². The Labute approximate surface area is 175 Å². The molecule has 0 radical (unpaired) electrons. The minimum atomic E-state index is -0.895.